The molecule has 2 heterocycles. The number of rotatable bonds is 2. The molecule has 1 aromatic carbocycles. The van der Waals surface area contributed by atoms with Gasteiger partial charge in [-0.2, -0.15) is 0 Å². The second-order valence-electron chi connectivity index (χ2n) is 7.19. The van der Waals surface area contributed by atoms with E-state index < -0.39 is 5.60 Å². The Kier molecular flexibility index (Phi) is 4.74. The minimum absolute atomic E-state index is 0.111. The monoisotopic (exact) mass is 347 g/mol. The first-order chi connectivity index (χ1) is 11.8. The summed E-state index contributed by atoms with van der Waals surface area (Å²) in [5, 5.41) is 8.17. The number of nitrogens with zero attached hydrogens (tertiary/aromatic N) is 3. The van der Waals surface area contributed by atoms with Gasteiger partial charge < -0.3 is 14.1 Å². The van der Waals surface area contributed by atoms with Gasteiger partial charge in [-0.25, -0.2) is 9.18 Å². The number of carbonyl (C=O) groups is 1. The molecule has 0 N–H and O–H groups in total. The Morgan fingerprint density at radius 2 is 1.84 bits per heavy atom. The van der Waals surface area contributed by atoms with Gasteiger partial charge in [0, 0.05) is 24.6 Å². The zero-order chi connectivity index (χ0) is 18.0. The molecule has 1 fully saturated rings. The van der Waals surface area contributed by atoms with Crippen LogP contribution in [0.15, 0.2) is 28.7 Å². The highest BCUT2D eigenvalue weighted by atomic mass is 19.1. The molecule has 2 aromatic rings. The Labute approximate surface area is 146 Å². The molecule has 6 nitrogen and oxygen atoms in total. The van der Waals surface area contributed by atoms with E-state index in [0.29, 0.717) is 30.4 Å². The van der Waals surface area contributed by atoms with Gasteiger partial charge in [0.1, 0.15) is 11.4 Å². The quantitative estimate of drug-likeness (QED) is 0.821. The summed E-state index contributed by atoms with van der Waals surface area (Å²) < 4.78 is 24.1. The summed E-state index contributed by atoms with van der Waals surface area (Å²) in [6, 6.07) is 5.94. The Morgan fingerprint density at radius 3 is 2.44 bits per heavy atom. The molecule has 0 aliphatic carbocycles. The van der Waals surface area contributed by atoms with E-state index in [0.717, 1.165) is 12.8 Å². The molecule has 1 saturated heterocycles. The summed E-state index contributed by atoms with van der Waals surface area (Å²) in [5.74, 6) is 0.742. The Hall–Kier alpha value is -2.44. The summed E-state index contributed by atoms with van der Waals surface area (Å²) in [6.07, 6.45) is 1.19. The largest absolute Gasteiger partial charge is 0.444 e. The number of hydrogen-bond donors (Lipinski definition) is 0. The van der Waals surface area contributed by atoms with Crippen molar-refractivity contribution in [3.63, 3.8) is 0 Å². The van der Waals surface area contributed by atoms with Crippen molar-refractivity contribution in [2.24, 2.45) is 0 Å². The van der Waals surface area contributed by atoms with Crippen molar-refractivity contribution in [2.75, 3.05) is 13.1 Å². The zero-order valence-corrected chi connectivity index (χ0v) is 14.7. The van der Waals surface area contributed by atoms with E-state index in [1.807, 2.05) is 20.8 Å². The fourth-order valence-electron chi connectivity index (χ4n) is 2.74. The van der Waals surface area contributed by atoms with Crippen molar-refractivity contribution in [1.82, 2.24) is 15.1 Å². The second kappa shape index (κ2) is 6.82. The summed E-state index contributed by atoms with van der Waals surface area (Å²) >= 11 is 0. The van der Waals surface area contributed by atoms with E-state index in [1.54, 1.807) is 17.0 Å². The van der Waals surface area contributed by atoms with Crippen molar-refractivity contribution in [2.45, 2.75) is 45.1 Å². The van der Waals surface area contributed by atoms with Gasteiger partial charge in [-0.15, -0.1) is 10.2 Å². The highest BCUT2D eigenvalue weighted by Crippen LogP contribution is 2.30. The lowest BCUT2D eigenvalue weighted by atomic mass is 9.97. The third-order valence-electron chi connectivity index (χ3n) is 4.03. The third-order valence-corrected chi connectivity index (χ3v) is 4.03. The van der Waals surface area contributed by atoms with Crippen LogP contribution >= 0.6 is 0 Å². The topological polar surface area (TPSA) is 68.5 Å². The fraction of sp³-hybridized carbons (Fsp3) is 0.500. The van der Waals surface area contributed by atoms with Crippen LogP contribution in [-0.2, 0) is 4.74 Å². The number of amides is 1. The van der Waals surface area contributed by atoms with Gasteiger partial charge in [-0.3, -0.25) is 0 Å². The molecule has 0 spiro atoms. The van der Waals surface area contributed by atoms with Crippen LogP contribution in [0.3, 0.4) is 0 Å². The molecule has 3 rings (SSSR count). The third kappa shape index (κ3) is 4.35. The minimum atomic E-state index is -0.496. The molecular weight excluding hydrogens is 325 g/mol. The van der Waals surface area contributed by atoms with Crippen molar-refractivity contribution < 1.29 is 18.3 Å². The summed E-state index contributed by atoms with van der Waals surface area (Å²) in [5.41, 5.74) is 0.191. The van der Waals surface area contributed by atoms with Crippen LogP contribution in [0, 0.1) is 5.82 Å². The van der Waals surface area contributed by atoms with E-state index in [-0.39, 0.29) is 17.8 Å². The van der Waals surface area contributed by atoms with Crippen LogP contribution in [0.5, 0.6) is 0 Å². The van der Waals surface area contributed by atoms with Gasteiger partial charge in [0.05, 0.1) is 0 Å². The number of piperidine rings is 1. The molecular formula is C18H22FN3O3. The average molecular weight is 347 g/mol. The van der Waals surface area contributed by atoms with Crippen LogP contribution in [-0.4, -0.2) is 39.9 Å². The number of halogens is 1. The van der Waals surface area contributed by atoms with Crippen LogP contribution in [0.2, 0.25) is 0 Å². The lowest BCUT2D eigenvalue weighted by Gasteiger charge is -2.32. The molecule has 0 radical (unpaired) electrons. The minimum Gasteiger partial charge on any atom is -0.444 e. The fourth-order valence-corrected chi connectivity index (χ4v) is 2.74. The number of carbonyl (C=O) groups excluding carboxylic acids is 1. The maximum atomic E-state index is 13.0. The Bertz CT molecular complexity index is 729. The number of benzene rings is 1. The van der Waals surface area contributed by atoms with Gasteiger partial charge in [0.2, 0.25) is 11.8 Å². The number of aromatic nitrogens is 2. The number of hydrogen-bond acceptors (Lipinski definition) is 5. The van der Waals surface area contributed by atoms with Crippen molar-refractivity contribution >= 4 is 6.09 Å². The molecule has 1 aliphatic heterocycles. The van der Waals surface area contributed by atoms with E-state index in [2.05, 4.69) is 10.2 Å². The van der Waals surface area contributed by atoms with Crippen LogP contribution in [0.1, 0.15) is 45.4 Å². The number of ether oxygens (including phenoxy) is 1. The second-order valence-corrected chi connectivity index (χ2v) is 7.19. The lowest BCUT2D eigenvalue weighted by molar-refractivity contribution is 0.0199. The first-order valence-corrected chi connectivity index (χ1v) is 8.39. The van der Waals surface area contributed by atoms with E-state index >= 15 is 0 Å². The predicted molar refractivity (Wildman–Crippen MR) is 89.5 cm³/mol. The van der Waals surface area contributed by atoms with Gasteiger partial charge in [-0.1, -0.05) is 0 Å². The van der Waals surface area contributed by atoms with Gasteiger partial charge in [0.25, 0.3) is 0 Å². The molecule has 0 atom stereocenters. The average Bonchev–Trinajstić information content (AvgIpc) is 3.04. The highest BCUT2D eigenvalue weighted by molar-refractivity contribution is 5.68. The molecule has 1 aliphatic rings. The SMILES string of the molecule is CC(C)(C)OC(=O)N1CCC(c2nnc(-c3ccc(F)cc3)o2)CC1. The number of likely N-dealkylation sites (tertiary alicyclic amines) is 1. The van der Waals surface area contributed by atoms with Crippen LogP contribution in [0.4, 0.5) is 9.18 Å². The van der Waals surface area contributed by atoms with E-state index in [4.69, 9.17) is 9.15 Å². The standard InChI is InChI=1S/C18H22FN3O3/c1-18(2,3)25-17(23)22-10-8-13(9-11-22)16-21-20-15(24-16)12-4-6-14(19)7-5-12/h4-7,13H,8-11H2,1-3H3. The highest BCUT2D eigenvalue weighted by Gasteiger charge is 2.30. The predicted octanol–water partition coefficient (Wildman–Crippen LogP) is 3.99. The van der Waals surface area contributed by atoms with Crippen LogP contribution < -0.4 is 0 Å². The summed E-state index contributed by atoms with van der Waals surface area (Å²) in [4.78, 5) is 13.8. The molecule has 0 unspecified atom stereocenters. The molecule has 0 bridgehead atoms. The first-order valence-electron chi connectivity index (χ1n) is 8.39. The van der Waals surface area contributed by atoms with Gasteiger partial charge in [0.15, 0.2) is 0 Å². The van der Waals surface area contributed by atoms with Gasteiger partial charge in [-0.05, 0) is 57.9 Å². The normalized spacial score (nSPS) is 16.1. The Balaban J connectivity index is 1.60. The maximum Gasteiger partial charge on any atom is 0.410 e. The molecule has 25 heavy (non-hydrogen) atoms. The maximum absolute atomic E-state index is 13.0. The van der Waals surface area contributed by atoms with E-state index in [1.165, 1.54) is 12.1 Å². The van der Waals surface area contributed by atoms with Crippen molar-refractivity contribution in [3.8, 4) is 11.5 Å². The summed E-state index contributed by atoms with van der Waals surface area (Å²) in [7, 11) is 0. The molecule has 134 valence electrons. The smallest absolute Gasteiger partial charge is 0.410 e. The first kappa shape index (κ1) is 17.4. The molecule has 0 saturated carbocycles. The van der Waals surface area contributed by atoms with Gasteiger partial charge >= 0.3 is 6.09 Å². The molecule has 1 aromatic heterocycles. The van der Waals surface area contributed by atoms with Crippen molar-refractivity contribution in [3.05, 3.63) is 36.0 Å². The molecule has 7 heteroatoms. The lowest BCUT2D eigenvalue weighted by Crippen LogP contribution is -2.41. The Morgan fingerprint density at radius 1 is 1.20 bits per heavy atom. The zero-order valence-electron chi connectivity index (χ0n) is 14.7. The van der Waals surface area contributed by atoms with E-state index in [9.17, 15) is 9.18 Å². The van der Waals surface area contributed by atoms with Crippen LogP contribution in [0.25, 0.3) is 11.5 Å². The van der Waals surface area contributed by atoms with Crippen molar-refractivity contribution in [1.29, 1.82) is 0 Å². The summed E-state index contributed by atoms with van der Waals surface area (Å²) in [6.45, 7) is 6.74. The molecule has 1 amide bonds.